The zero-order chi connectivity index (χ0) is 22.3. The number of benzene rings is 2. The summed E-state index contributed by atoms with van der Waals surface area (Å²) in [5.74, 6) is -2.68. The van der Waals surface area contributed by atoms with Gasteiger partial charge in [0.05, 0.1) is 5.69 Å². The fourth-order valence-electron chi connectivity index (χ4n) is 4.07. The third kappa shape index (κ3) is 3.45. The van der Waals surface area contributed by atoms with Gasteiger partial charge < -0.3 is 19.7 Å². The van der Waals surface area contributed by atoms with Gasteiger partial charge in [0.25, 0.3) is 5.91 Å². The fraction of sp³-hybridized carbons (Fsp3) is 0.208. The average molecular weight is 424 g/mol. The maximum Gasteiger partial charge on any atom is 0.257 e. The van der Waals surface area contributed by atoms with Crippen molar-refractivity contribution in [2.24, 2.45) is 0 Å². The molecule has 1 aliphatic rings. The summed E-state index contributed by atoms with van der Waals surface area (Å²) in [5.41, 5.74) is 1.97. The number of aromatic amines is 1. The molecule has 1 aliphatic heterocycles. The van der Waals surface area contributed by atoms with Crippen LogP contribution in [0.25, 0.3) is 16.5 Å². The van der Waals surface area contributed by atoms with Gasteiger partial charge >= 0.3 is 0 Å². The molecule has 5 nitrogen and oxygen atoms in total. The molecule has 1 aromatic heterocycles. The summed E-state index contributed by atoms with van der Waals surface area (Å²) >= 11 is 0. The largest absolute Gasteiger partial charge is 0.364 e. The van der Waals surface area contributed by atoms with Gasteiger partial charge in [0.1, 0.15) is 0 Å². The van der Waals surface area contributed by atoms with Crippen LogP contribution in [0.4, 0.5) is 8.78 Å². The van der Waals surface area contributed by atoms with E-state index in [1.807, 2.05) is 31.2 Å². The minimum absolute atomic E-state index is 0.0109. The number of nitrogens with zero attached hydrogens (tertiary/aromatic N) is 1. The van der Waals surface area contributed by atoms with Crippen LogP contribution >= 0.6 is 0 Å². The van der Waals surface area contributed by atoms with E-state index in [1.54, 1.807) is 6.08 Å². The Morgan fingerprint density at radius 3 is 2.71 bits per heavy atom. The summed E-state index contributed by atoms with van der Waals surface area (Å²) < 4.78 is 32.3. The van der Waals surface area contributed by atoms with Gasteiger partial charge in [-0.1, -0.05) is 31.2 Å². The maximum atomic E-state index is 13.8. The van der Waals surface area contributed by atoms with Gasteiger partial charge in [0, 0.05) is 47.3 Å². The van der Waals surface area contributed by atoms with Crippen molar-refractivity contribution in [1.29, 1.82) is 0 Å². The Kier molecular flexibility index (Phi) is 5.24. The zero-order valence-corrected chi connectivity index (χ0v) is 17.2. The molecule has 31 heavy (non-hydrogen) atoms. The van der Waals surface area contributed by atoms with Crippen LogP contribution in [0.2, 0.25) is 0 Å². The molecule has 1 amide bonds. The van der Waals surface area contributed by atoms with Crippen LogP contribution in [-0.2, 0) is 10.2 Å². The first-order chi connectivity index (χ1) is 14.8. The van der Waals surface area contributed by atoms with E-state index in [0.717, 1.165) is 28.6 Å². The minimum Gasteiger partial charge on any atom is -0.364 e. The summed E-state index contributed by atoms with van der Waals surface area (Å²) in [5, 5.41) is 11.5. The molecule has 2 atom stereocenters. The summed E-state index contributed by atoms with van der Waals surface area (Å²) in [4.78, 5) is 17.9. The predicted molar refractivity (Wildman–Crippen MR) is 114 cm³/mol. The van der Waals surface area contributed by atoms with E-state index in [1.165, 1.54) is 24.3 Å². The second-order valence-corrected chi connectivity index (χ2v) is 7.78. The average Bonchev–Trinajstić information content (AvgIpc) is 3.11. The first kappa shape index (κ1) is 21.0. The molecule has 0 spiro atoms. The van der Waals surface area contributed by atoms with Crippen molar-refractivity contribution in [3.63, 3.8) is 0 Å². The first-order valence-electron chi connectivity index (χ1n) is 9.73. The van der Waals surface area contributed by atoms with Crippen LogP contribution < -0.4 is 0 Å². The molecule has 0 radical (unpaired) electrons. The zero-order valence-electron chi connectivity index (χ0n) is 17.2. The van der Waals surface area contributed by atoms with E-state index in [-0.39, 0.29) is 12.1 Å². The molecule has 2 N–H and O–H groups in total. The predicted octanol–water partition coefficient (Wildman–Crippen LogP) is 4.35. The Labute approximate surface area is 178 Å². The van der Waals surface area contributed by atoms with Gasteiger partial charge in [-0.2, -0.15) is 0 Å². The lowest BCUT2D eigenvalue weighted by atomic mass is 9.80. The van der Waals surface area contributed by atoms with Crippen molar-refractivity contribution in [3.05, 3.63) is 89.8 Å². The van der Waals surface area contributed by atoms with Crippen molar-refractivity contribution >= 4 is 22.4 Å². The smallest absolute Gasteiger partial charge is 0.257 e. The van der Waals surface area contributed by atoms with E-state index < -0.39 is 29.2 Å². The number of amides is 1. The molecule has 2 aromatic carbocycles. The van der Waals surface area contributed by atoms with Gasteiger partial charge in [-0.05, 0) is 29.8 Å². The summed E-state index contributed by atoms with van der Waals surface area (Å²) in [6, 6.07) is 10.7. The molecular weight excluding hydrogens is 402 g/mol. The Hall–Kier alpha value is -3.29. The topological polar surface area (TPSA) is 65.6 Å². The molecule has 0 bridgehead atoms. The molecule has 0 fully saturated rings. The van der Waals surface area contributed by atoms with Crippen molar-refractivity contribution < 1.29 is 23.4 Å². The lowest BCUT2D eigenvalue weighted by Gasteiger charge is -2.30. The van der Waals surface area contributed by atoms with Crippen LogP contribution in [0.5, 0.6) is 0 Å². The SMILES string of the molecule is C=CC1(C)CN(C(=O)c2ccc(F)c(F)c2)C=C(C(O)OC)c2[nH]c3ccccc3c21. The Morgan fingerprint density at radius 1 is 1.29 bits per heavy atom. The van der Waals surface area contributed by atoms with Crippen LogP contribution in [0.15, 0.2) is 61.3 Å². The van der Waals surface area contributed by atoms with Crippen molar-refractivity contribution in [3.8, 4) is 0 Å². The highest BCUT2D eigenvalue weighted by molar-refractivity contribution is 5.97. The number of aliphatic hydroxyl groups is 1. The lowest BCUT2D eigenvalue weighted by molar-refractivity contribution is -0.0281. The van der Waals surface area contributed by atoms with Gasteiger partial charge in [-0.3, -0.25) is 4.79 Å². The molecule has 4 rings (SSSR count). The number of methoxy groups -OCH3 is 1. The number of ether oxygens (including phenoxy) is 1. The minimum atomic E-state index is -1.32. The number of halogens is 2. The van der Waals surface area contributed by atoms with Gasteiger partial charge in [-0.25, -0.2) is 8.78 Å². The number of fused-ring (bicyclic) bond motifs is 3. The number of aromatic nitrogens is 1. The molecule has 7 heteroatoms. The Balaban J connectivity index is 1.92. The number of aliphatic hydroxyl groups excluding tert-OH is 1. The van der Waals surface area contributed by atoms with Gasteiger partial charge in [-0.15, -0.1) is 6.58 Å². The standard InChI is InChI=1S/C24H22F2N2O3/c1-4-24(2)13-28(22(29)14-9-10-17(25)18(26)11-14)12-16(23(30)31-3)21-20(24)15-7-5-6-8-19(15)27-21/h4-12,23,27,30H,1,13H2,2-3H3. The van der Waals surface area contributed by atoms with Crippen molar-refractivity contribution in [2.75, 3.05) is 13.7 Å². The molecule has 2 unspecified atom stereocenters. The van der Waals surface area contributed by atoms with E-state index >= 15 is 0 Å². The number of carbonyl (C=O) groups excluding carboxylic acids is 1. The second kappa shape index (κ2) is 7.76. The highest BCUT2D eigenvalue weighted by atomic mass is 19.2. The molecule has 0 saturated carbocycles. The highest BCUT2D eigenvalue weighted by Gasteiger charge is 2.38. The molecule has 0 aliphatic carbocycles. The number of nitrogens with one attached hydrogen (secondary N) is 1. The Morgan fingerprint density at radius 2 is 2.03 bits per heavy atom. The lowest BCUT2D eigenvalue weighted by Crippen LogP contribution is -2.37. The monoisotopic (exact) mass is 424 g/mol. The van der Waals surface area contributed by atoms with E-state index in [0.29, 0.717) is 11.3 Å². The number of hydrogen-bond acceptors (Lipinski definition) is 3. The fourth-order valence-corrected chi connectivity index (χ4v) is 4.07. The number of H-pyrrole nitrogens is 1. The number of para-hydroxylation sites is 1. The van der Waals surface area contributed by atoms with Crippen LogP contribution in [0.1, 0.15) is 28.5 Å². The normalized spacial score (nSPS) is 19.5. The van der Waals surface area contributed by atoms with E-state index in [9.17, 15) is 18.7 Å². The van der Waals surface area contributed by atoms with Crippen LogP contribution in [0, 0.1) is 11.6 Å². The Bertz CT molecular complexity index is 1220. The molecule has 0 saturated heterocycles. The van der Waals surface area contributed by atoms with Crippen molar-refractivity contribution in [2.45, 2.75) is 18.6 Å². The third-order valence-electron chi connectivity index (χ3n) is 5.73. The van der Waals surface area contributed by atoms with Gasteiger partial charge in [0.15, 0.2) is 17.9 Å². The summed E-state index contributed by atoms with van der Waals surface area (Å²) in [7, 11) is 1.35. The van der Waals surface area contributed by atoms with Crippen LogP contribution in [-0.4, -0.2) is 40.8 Å². The number of hydrogen-bond donors (Lipinski definition) is 2. The van der Waals surface area contributed by atoms with E-state index in [4.69, 9.17) is 4.74 Å². The molecular formula is C24H22F2N2O3. The molecule has 160 valence electrons. The van der Waals surface area contributed by atoms with Gasteiger partial charge in [0.2, 0.25) is 0 Å². The first-order valence-corrected chi connectivity index (χ1v) is 9.73. The summed E-state index contributed by atoms with van der Waals surface area (Å²) in [6.45, 7) is 6.09. The maximum absolute atomic E-state index is 13.8. The highest BCUT2D eigenvalue weighted by Crippen LogP contribution is 2.42. The molecule has 3 aromatic rings. The quantitative estimate of drug-likeness (QED) is 0.483. The van der Waals surface area contributed by atoms with Crippen molar-refractivity contribution in [1.82, 2.24) is 9.88 Å². The van der Waals surface area contributed by atoms with E-state index in [2.05, 4.69) is 11.6 Å². The summed E-state index contributed by atoms with van der Waals surface area (Å²) in [6.07, 6.45) is 1.91. The number of rotatable bonds is 4. The van der Waals surface area contributed by atoms with Crippen LogP contribution in [0.3, 0.4) is 0 Å². The molecule has 2 heterocycles. The second-order valence-electron chi connectivity index (χ2n) is 7.78. The number of carbonyl (C=O) groups is 1. The third-order valence-corrected chi connectivity index (χ3v) is 5.73.